The van der Waals surface area contributed by atoms with Gasteiger partial charge in [0.15, 0.2) is 0 Å². The first-order valence-corrected chi connectivity index (χ1v) is 11.2. The van der Waals surface area contributed by atoms with Crippen LogP contribution in [0.15, 0.2) is 65.6 Å². The summed E-state index contributed by atoms with van der Waals surface area (Å²) in [6.45, 7) is 5.30. The molecule has 3 aromatic rings. The minimum atomic E-state index is -3.59. The van der Waals surface area contributed by atoms with Gasteiger partial charge >= 0.3 is 0 Å². The minimum absolute atomic E-state index is 0.0368. The number of carbonyl (C=O) groups excluding carboxylic acids is 1. The van der Waals surface area contributed by atoms with Crippen LogP contribution in [0.4, 0.5) is 0 Å². The molecule has 1 heterocycles. The standard InChI is InChI=1S/C23H24N2O3S/c1-17-7-10-22(18(2)15-17)23(26)24-11-13-25(14-12-24)29(27,28)21-9-8-19-5-3-4-6-20(19)16-21/h3-10,15-16H,11-14H2,1-2H3. The molecule has 0 spiro atoms. The van der Waals surface area contributed by atoms with Crippen molar-refractivity contribution in [1.29, 1.82) is 0 Å². The molecule has 1 amide bonds. The van der Waals surface area contributed by atoms with Gasteiger partial charge in [0.05, 0.1) is 4.90 Å². The first kappa shape index (κ1) is 19.6. The van der Waals surface area contributed by atoms with Crippen molar-refractivity contribution in [3.8, 4) is 0 Å². The van der Waals surface area contributed by atoms with E-state index in [4.69, 9.17) is 0 Å². The van der Waals surface area contributed by atoms with Gasteiger partial charge in [0.25, 0.3) is 5.91 Å². The Morgan fingerprint density at radius 2 is 1.52 bits per heavy atom. The number of carbonyl (C=O) groups is 1. The van der Waals surface area contributed by atoms with Crippen molar-refractivity contribution in [1.82, 2.24) is 9.21 Å². The van der Waals surface area contributed by atoms with Crippen LogP contribution in [0.1, 0.15) is 21.5 Å². The lowest BCUT2D eigenvalue weighted by Crippen LogP contribution is -2.50. The van der Waals surface area contributed by atoms with Gasteiger partial charge in [-0.2, -0.15) is 4.31 Å². The van der Waals surface area contributed by atoms with E-state index in [1.807, 2.05) is 62.4 Å². The molecule has 0 bridgehead atoms. The third-order valence-corrected chi connectivity index (χ3v) is 7.39. The Bertz CT molecular complexity index is 1180. The van der Waals surface area contributed by atoms with E-state index < -0.39 is 10.0 Å². The van der Waals surface area contributed by atoms with Crippen molar-refractivity contribution in [2.75, 3.05) is 26.2 Å². The van der Waals surface area contributed by atoms with Crippen molar-refractivity contribution in [3.05, 3.63) is 77.4 Å². The summed E-state index contributed by atoms with van der Waals surface area (Å²) in [5, 5.41) is 1.91. The Morgan fingerprint density at radius 1 is 0.828 bits per heavy atom. The zero-order valence-electron chi connectivity index (χ0n) is 16.6. The number of piperazine rings is 1. The molecule has 0 N–H and O–H groups in total. The van der Waals surface area contributed by atoms with Crippen LogP contribution in [0.2, 0.25) is 0 Å². The fourth-order valence-electron chi connectivity index (χ4n) is 3.83. The van der Waals surface area contributed by atoms with Crippen LogP contribution in [0.5, 0.6) is 0 Å². The Kier molecular flexibility index (Phi) is 5.15. The lowest BCUT2D eigenvalue weighted by molar-refractivity contribution is 0.0697. The second-order valence-electron chi connectivity index (χ2n) is 7.52. The lowest BCUT2D eigenvalue weighted by Gasteiger charge is -2.34. The highest BCUT2D eigenvalue weighted by atomic mass is 32.2. The number of hydrogen-bond acceptors (Lipinski definition) is 3. The fourth-order valence-corrected chi connectivity index (χ4v) is 5.29. The van der Waals surface area contributed by atoms with Crippen LogP contribution in [-0.4, -0.2) is 49.7 Å². The highest BCUT2D eigenvalue weighted by Crippen LogP contribution is 2.23. The molecule has 150 valence electrons. The van der Waals surface area contributed by atoms with Crippen LogP contribution in [-0.2, 0) is 10.0 Å². The highest BCUT2D eigenvalue weighted by molar-refractivity contribution is 7.89. The SMILES string of the molecule is Cc1ccc(C(=O)N2CCN(S(=O)(=O)c3ccc4ccccc4c3)CC2)c(C)c1. The van der Waals surface area contributed by atoms with E-state index in [2.05, 4.69) is 0 Å². The zero-order valence-corrected chi connectivity index (χ0v) is 17.4. The maximum Gasteiger partial charge on any atom is 0.254 e. The predicted molar refractivity (Wildman–Crippen MR) is 115 cm³/mol. The molecule has 0 aliphatic carbocycles. The number of amides is 1. The van der Waals surface area contributed by atoms with Crippen LogP contribution in [0.3, 0.4) is 0 Å². The molecule has 1 fully saturated rings. The van der Waals surface area contributed by atoms with E-state index >= 15 is 0 Å². The number of benzene rings is 3. The number of sulfonamides is 1. The van der Waals surface area contributed by atoms with E-state index in [0.29, 0.717) is 36.6 Å². The molecule has 3 aromatic carbocycles. The summed E-state index contributed by atoms with van der Waals surface area (Å²) in [7, 11) is -3.59. The number of aryl methyl sites for hydroxylation is 2. The Hall–Kier alpha value is -2.70. The summed E-state index contributed by atoms with van der Waals surface area (Å²) in [6.07, 6.45) is 0. The molecular weight excluding hydrogens is 384 g/mol. The van der Waals surface area contributed by atoms with Crippen molar-refractivity contribution in [2.45, 2.75) is 18.7 Å². The summed E-state index contributed by atoms with van der Waals surface area (Å²) in [4.78, 5) is 14.9. The molecule has 0 atom stereocenters. The lowest BCUT2D eigenvalue weighted by atomic mass is 10.0. The smallest absolute Gasteiger partial charge is 0.254 e. The quantitative estimate of drug-likeness (QED) is 0.665. The van der Waals surface area contributed by atoms with Gasteiger partial charge in [-0.15, -0.1) is 0 Å². The van der Waals surface area contributed by atoms with Gasteiger partial charge in [0, 0.05) is 31.7 Å². The van der Waals surface area contributed by atoms with Crippen molar-refractivity contribution in [2.24, 2.45) is 0 Å². The summed E-state index contributed by atoms with van der Waals surface area (Å²) >= 11 is 0. The van der Waals surface area contributed by atoms with Crippen LogP contribution in [0, 0.1) is 13.8 Å². The maximum atomic E-state index is 13.1. The van der Waals surface area contributed by atoms with Crippen molar-refractivity contribution >= 4 is 26.7 Å². The van der Waals surface area contributed by atoms with E-state index in [-0.39, 0.29) is 5.91 Å². The number of nitrogens with zero attached hydrogens (tertiary/aromatic N) is 2. The van der Waals surface area contributed by atoms with Crippen LogP contribution < -0.4 is 0 Å². The number of hydrogen-bond donors (Lipinski definition) is 0. The highest BCUT2D eigenvalue weighted by Gasteiger charge is 2.30. The fraction of sp³-hybridized carbons (Fsp3) is 0.261. The Labute approximate surface area is 171 Å². The van der Waals surface area contributed by atoms with Crippen molar-refractivity contribution in [3.63, 3.8) is 0 Å². The minimum Gasteiger partial charge on any atom is -0.336 e. The van der Waals surface area contributed by atoms with Crippen LogP contribution in [0.25, 0.3) is 10.8 Å². The van der Waals surface area contributed by atoms with Crippen LogP contribution >= 0.6 is 0 Å². The first-order chi connectivity index (χ1) is 13.9. The molecule has 6 heteroatoms. The molecular formula is C23H24N2O3S. The molecule has 0 unspecified atom stereocenters. The van der Waals surface area contributed by atoms with E-state index in [1.54, 1.807) is 17.0 Å². The monoisotopic (exact) mass is 408 g/mol. The number of rotatable bonds is 3. The summed E-state index contributed by atoms with van der Waals surface area (Å²) < 4.78 is 27.7. The summed E-state index contributed by atoms with van der Waals surface area (Å²) in [5.41, 5.74) is 2.74. The molecule has 1 aliphatic rings. The average molecular weight is 409 g/mol. The molecule has 29 heavy (non-hydrogen) atoms. The molecule has 1 saturated heterocycles. The molecule has 0 aromatic heterocycles. The second kappa shape index (κ2) is 7.61. The van der Waals surface area contributed by atoms with Crippen molar-refractivity contribution < 1.29 is 13.2 Å². The topological polar surface area (TPSA) is 57.7 Å². The summed E-state index contributed by atoms with van der Waals surface area (Å²) in [6, 6.07) is 18.7. The van der Waals surface area contributed by atoms with Gasteiger partial charge in [0.2, 0.25) is 10.0 Å². The molecule has 5 nitrogen and oxygen atoms in total. The Morgan fingerprint density at radius 3 is 2.21 bits per heavy atom. The van der Waals surface area contributed by atoms with Gasteiger partial charge in [-0.3, -0.25) is 4.79 Å². The molecule has 4 rings (SSSR count). The predicted octanol–water partition coefficient (Wildman–Crippen LogP) is 3.60. The first-order valence-electron chi connectivity index (χ1n) is 9.72. The normalized spacial score (nSPS) is 15.6. The Balaban J connectivity index is 1.50. The van der Waals surface area contributed by atoms with E-state index in [1.165, 1.54) is 4.31 Å². The summed E-state index contributed by atoms with van der Waals surface area (Å²) in [5.74, 6) is -0.0368. The second-order valence-corrected chi connectivity index (χ2v) is 9.46. The largest absolute Gasteiger partial charge is 0.336 e. The van der Waals surface area contributed by atoms with Gasteiger partial charge in [-0.05, 0) is 48.4 Å². The average Bonchev–Trinajstić information content (AvgIpc) is 2.73. The zero-order chi connectivity index (χ0) is 20.6. The van der Waals surface area contributed by atoms with Gasteiger partial charge in [-0.1, -0.05) is 48.0 Å². The molecule has 0 saturated carbocycles. The van der Waals surface area contributed by atoms with E-state index in [0.717, 1.165) is 21.9 Å². The maximum absolute atomic E-state index is 13.1. The number of fused-ring (bicyclic) bond motifs is 1. The third kappa shape index (κ3) is 3.78. The molecule has 1 aliphatic heterocycles. The van der Waals surface area contributed by atoms with Gasteiger partial charge in [-0.25, -0.2) is 8.42 Å². The van der Waals surface area contributed by atoms with Gasteiger partial charge in [0.1, 0.15) is 0 Å². The van der Waals surface area contributed by atoms with E-state index in [9.17, 15) is 13.2 Å². The third-order valence-electron chi connectivity index (χ3n) is 5.50. The van der Waals surface area contributed by atoms with Gasteiger partial charge < -0.3 is 4.90 Å². The molecule has 0 radical (unpaired) electrons.